The quantitative estimate of drug-likeness (QED) is 0.611. The van der Waals surface area contributed by atoms with Crippen LogP contribution in [0.2, 0.25) is 0 Å². The number of carbonyl (C=O) groups excluding carboxylic acids is 2. The summed E-state index contributed by atoms with van der Waals surface area (Å²) in [6, 6.07) is 1.07. The lowest BCUT2D eigenvalue weighted by Gasteiger charge is -2.14. The molecule has 1 aromatic carbocycles. The number of hydrogen-bond acceptors (Lipinski definition) is 4. The van der Waals surface area contributed by atoms with Gasteiger partial charge in [-0.25, -0.2) is 0 Å². The van der Waals surface area contributed by atoms with Crippen molar-refractivity contribution in [3.8, 4) is 11.5 Å². The van der Waals surface area contributed by atoms with Crippen molar-refractivity contribution in [1.29, 1.82) is 0 Å². The lowest BCUT2D eigenvalue weighted by Crippen LogP contribution is -2.08. The Kier molecular flexibility index (Phi) is 5.10. The van der Waals surface area contributed by atoms with Crippen molar-refractivity contribution in [3.63, 3.8) is 0 Å². The van der Waals surface area contributed by atoms with Crippen molar-refractivity contribution in [2.45, 2.75) is 46.5 Å². The van der Waals surface area contributed by atoms with E-state index in [4.69, 9.17) is 0 Å². The number of hydrogen-bond donors (Lipinski definition) is 2. The van der Waals surface area contributed by atoms with Gasteiger partial charge in [0.15, 0.2) is 11.6 Å². The smallest absolute Gasteiger partial charge is 0.163 e. The van der Waals surface area contributed by atoms with Crippen molar-refractivity contribution >= 4 is 11.6 Å². The highest BCUT2D eigenvalue weighted by atomic mass is 16.3. The first kappa shape index (κ1) is 15.2. The highest BCUT2D eigenvalue weighted by molar-refractivity contribution is 6.05. The maximum absolute atomic E-state index is 11.7. The van der Waals surface area contributed by atoms with Gasteiger partial charge in [-0.1, -0.05) is 19.8 Å². The van der Waals surface area contributed by atoms with Gasteiger partial charge in [-0.05, 0) is 32.3 Å². The van der Waals surface area contributed by atoms with E-state index in [2.05, 4.69) is 6.92 Å². The molecular weight excluding hydrogens is 244 g/mol. The van der Waals surface area contributed by atoms with E-state index in [1.54, 1.807) is 0 Å². The molecule has 19 heavy (non-hydrogen) atoms. The monoisotopic (exact) mass is 264 g/mol. The van der Waals surface area contributed by atoms with E-state index >= 15 is 0 Å². The zero-order chi connectivity index (χ0) is 14.6. The van der Waals surface area contributed by atoms with Crippen LogP contribution in [0.3, 0.4) is 0 Å². The summed E-state index contributed by atoms with van der Waals surface area (Å²) in [6.45, 7) is 4.75. The molecule has 4 nitrogen and oxygen atoms in total. The molecule has 0 radical (unpaired) electrons. The molecule has 0 unspecified atom stereocenters. The fourth-order valence-corrected chi connectivity index (χ4v) is 2.30. The topological polar surface area (TPSA) is 74.6 Å². The summed E-state index contributed by atoms with van der Waals surface area (Å²) in [6.07, 6.45) is 3.28. The molecule has 0 spiro atoms. The van der Waals surface area contributed by atoms with Gasteiger partial charge in [0.25, 0.3) is 0 Å². The molecule has 0 fully saturated rings. The number of ketones is 2. The molecule has 2 N–H and O–H groups in total. The van der Waals surface area contributed by atoms with E-state index < -0.39 is 0 Å². The van der Waals surface area contributed by atoms with Gasteiger partial charge in [-0.2, -0.15) is 0 Å². The molecule has 0 aromatic heterocycles. The zero-order valence-electron chi connectivity index (χ0n) is 11.6. The van der Waals surface area contributed by atoms with Crippen molar-refractivity contribution in [2.24, 2.45) is 0 Å². The lowest BCUT2D eigenvalue weighted by molar-refractivity contribution is 0.101. The van der Waals surface area contributed by atoms with Crippen molar-refractivity contribution < 1.29 is 19.8 Å². The third kappa shape index (κ3) is 3.34. The number of benzene rings is 1. The van der Waals surface area contributed by atoms with Gasteiger partial charge in [0.05, 0.1) is 11.1 Å². The average molecular weight is 264 g/mol. The highest BCUT2D eigenvalue weighted by Gasteiger charge is 2.22. The van der Waals surface area contributed by atoms with E-state index in [1.165, 1.54) is 13.8 Å². The third-order valence-electron chi connectivity index (χ3n) is 3.12. The van der Waals surface area contributed by atoms with Gasteiger partial charge in [-0.15, -0.1) is 0 Å². The number of unbranched alkanes of at least 4 members (excludes halogenated alkanes) is 2. The molecule has 0 saturated carbocycles. The van der Waals surface area contributed by atoms with Crippen LogP contribution >= 0.6 is 0 Å². The second-order valence-corrected chi connectivity index (χ2v) is 4.71. The molecule has 0 atom stereocenters. The van der Waals surface area contributed by atoms with E-state index in [0.29, 0.717) is 12.0 Å². The summed E-state index contributed by atoms with van der Waals surface area (Å²) in [5.74, 6) is -1.12. The van der Waals surface area contributed by atoms with Crippen LogP contribution in [0.5, 0.6) is 11.5 Å². The fourth-order valence-electron chi connectivity index (χ4n) is 2.30. The summed E-state index contributed by atoms with van der Waals surface area (Å²) >= 11 is 0. The van der Waals surface area contributed by atoms with Crippen LogP contribution in [0.25, 0.3) is 0 Å². The SMILES string of the molecule is CCCCCc1c(C(C)=O)c(O)cc(O)c1C(C)=O. The van der Waals surface area contributed by atoms with Gasteiger partial charge in [-0.3, -0.25) is 9.59 Å². The van der Waals surface area contributed by atoms with Crippen molar-refractivity contribution in [2.75, 3.05) is 0 Å². The third-order valence-corrected chi connectivity index (χ3v) is 3.12. The van der Waals surface area contributed by atoms with Crippen LogP contribution in [0, 0.1) is 0 Å². The van der Waals surface area contributed by atoms with Gasteiger partial charge in [0, 0.05) is 6.07 Å². The molecule has 104 valence electrons. The Balaban J connectivity index is 3.40. The normalized spacial score (nSPS) is 10.5. The van der Waals surface area contributed by atoms with Gasteiger partial charge in [0.2, 0.25) is 0 Å². The van der Waals surface area contributed by atoms with Crippen LogP contribution in [-0.4, -0.2) is 21.8 Å². The molecule has 0 heterocycles. The largest absolute Gasteiger partial charge is 0.507 e. The van der Waals surface area contributed by atoms with E-state index in [9.17, 15) is 19.8 Å². The Bertz CT molecular complexity index is 465. The number of carbonyl (C=O) groups is 2. The van der Waals surface area contributed by atoms with Crippen molar-refractivity contribution in [3.05, 3.63) is 22.8 Å². The maximum Gasteiger partial charge on any atom is 0.163 e. The molecule has 0 aliphatic heterocycles. The first-order valence-corrected chi connectivity index (χ1v) is 6.49. The molecule has 0 saturated heterocycles. The first-order chi connectivity index (χ1) is 8.90. The first-order valence-electron chi connectivity index (χ1n) is 6.49. The van der Waals surface area contributed by atoms with Crippen LogP contribution in [0.15, 0.2) is 6.07 Å². The molecule has 4 heteroatoms. The van der Waals surface area contributed by atoms with Crippen LogP contribution in [-0.2, 0) is 6.42 Å². The minimum atomic E-state index is -0.300. The number of aromatic hydroxyl groups is 2. The van der Waals surface area contributed by atoms with Crippen molar-refractivity contribution in [1.82, 2.24) is 0 Å². The predicted molar refractivity (Wildman–Crippen MR) is 73.0 cm³/mol. The second kappa shape index (κ2) is 6.36. The van der Waals surface area contributed by atoms with Gasteiger partial charge < -0.3 is 10.2 Å². The number of rotatable bonds is 6. The molecule has 1 aromatic rings. The second-order valence-electron chi connectivity index (χ2n) is 4.71. The number of phenols is 2. The average Bonchev–Trinajstić information content (AvgIpc) is 2.27. The Morgan fingerprint density at radius 1 is 1.00 bits per heavy atom. The predicted octanol–water partition coefficient (Wildman–Crippen LogP) is 3.24. The molecular formula is C15H20O4. The molecule has 0 bridgehead atoms. The molecule has 1 rings (SSSR count). The maximum atomic E-state index is 11.7. The Morgan fingerprint density at radius 2 is 1.47 bits per heavy atom. The van der Waals surface area contributed by atoms with Crippen LogP contribution in [0.1, 0.15) is 66.3 Å². The number of Topliss-reactive ketones (excluding diaryl/α,β-unsaturated/α-hetero) is 2. The lowest BCUT2D eigenvalue weighted by atomic mass is 9.91. The molecule has 0 amide bonds. The van der Waals surface area contributed by atoms with Crippen LogP contribution in [0.4, 0.5) is 0 Å². The molecule has 0 aliphatic rings. The summed E-state index contributed by atoms with van der Waals surface area (Å²) in [5.41, 5.74) is 0.768. The summed E-state index contributed by atoms with van der Waals surface area (Å²) in [5, 5.41) is 19.6. The minimum absolute atomic E-state index is 0.152. The Labute approximate surface area is 113 Å². The summed E-state index contributed by atoms with van der Waals surface area (Å²) in [4.78, 5) is 23.3. The van der Waals surface area contributed by atoms with Crippen LogP contribution < -0.4 is 0 Å². The Morgan fingerprint density at radius 3 is 1.84 bits per heavy atom. The number of phenolic OH excluding ortho intramolecular Hbond substituents is 2. The highest BCUT2D eigenvalue weighted by Crippen LogP contribution is 2.34. The minimum Gasteiger partial charge on any atom is -0.507 e. The summed E-state index contributed by atoms with van der Waals surface area (Å²) in [7, 11) is 0. The van der Waals surface area contributed by atoms with E-state index in [0.717, 1.165) is 25.3 Å². The van der Waals surface area contributed by atoms with Gasteiger partial charge in [0.1, 0.15) is 11.5 Å². The fraction of sp³-hybridized carbons (Fsp3) is 0.467. The zero-order valence-corrected chi connectivity index (χ0v) is 11.6. The molecule has 0 aliphatic carbocycles. The standard InChI is InChI=1S/C15H20O4/c1-4-5-6-7-11-14(9(2)16)12(18)8-13(19)15(11)10(3)17/h8,18-19H,4-7H2,1-3H3. The van der Waals surface area contributed by atoms with E-state index in [-0.39, 0.29) is 34.2 Å². The summed E-state index contributed by atoms with van der Waals surface area (Å²) < 4.78 is 0. The Hall–Kier alpha value is -1.84. The van der Waals surface area contributed by atoms with Gasteiger partial charge >= 0.3 is 0 Å². The van der Waals surface area contributed by atoms with E-state index in [1.807, 2.05) is 0 Å².